The van der Waals surface area contributed by atoms with Crippen LogP contribution in [0.15, 0.2) is 60.8 Å². The molecular weight excluding hydrogens is 325 g/mol. The highest BCUT2D eigenvalue weighted by atomic mass is 19.1. The first kappa shape index (κ1) is 18.1. The van der Waals surface area contributed by atoms with Crippen LogP contribution in [0.5, 0.6) is 5.75 Å². The molecule has 3 heteroatoms. The van der Waals surface area contributed by atoms with Crippen LogP contribution < -0.4 is 4.74 Å². The van der Waals surface area contributed by atoms with Crippen molar-refractivity contribution in [3.05, 3.63) is 72.2 Å². The minimum Gasteiger partial charge on any atom is -0.494 e. The maximum absolute atomic E-state index is 14.4. The fourth-order valence-electron chi connectivity index (χ4n) is 2.89. The zero-order valence-corrected chi connectivity index (χ0v) is 15.3. The molecule has 0 unspecified atom stereocenters. The smallest absolute Gasteiger partial charge is 0.134 e. The van der Waals surface area contributed by atoms with Crippen LogP contribution in [0.2, 0.25) is 0 Å². The predicted molar refractivity (Wildman–Crippen MR) is 105 cm³/mol. The summed E-state index contributed by atoms with van der Waals surface area (Å²) in [6.07, 6.45) is 4.99. The van der Waals surface area contributed by atoms with Gasteiger partial charge in [-0.15, -0.1) is 0 Å². The molecule has 0 atom stereocenters. The molecule has 3 rings (SSSR count). The zero-order valence-electron chi connectivity index (χ0n) is 15.3. The van der Waals surface area contributed by atoms with E-state index in [4.69, 9.17) is 4.74 Å². The van der Waals surface area contributed by atoms with Crippen LogP contribution in [0, 0.1) is 5.82 Å². The predicted octanol–water partition coefficient (Wildman–Crippen LogP) is 6.30. The third kappa shape index (κ3) is 4.29. The number of pyridine rings is 1. The first-order valence-electron chi connectivity index (χ1n) is 9.19. The van der Waals surface area contributed by atoms with Gasteiger partial charge in [-0.3, -0.25) is 4.98 Å². The molecule has 1 heterocycles. The van der Waals surface area contributed by atoms with E-state index >= 15 is 0 Å². The van der Waals surface area contributed by atoms with E-state index in [2.05, 4.69) is 18.0 Å². The molecule has 0 amide bonds. The van der Waals surface area contributed by atoms with Crippen LogP contribution in [0.25, 0.3) is 22.4 Å². The molecule has 0 fully saturated rings. The van der Waals surface area contributed by atoms with Crippen molar-refractivity contribution in [1.29, 1.82) is 0 Å². The third-order valence-corrected chi connectivity index (χ3v) is 4.27. The van der Waals surface area contributed by atoms with Crippen molar-refractivity contribution in [2.45, 2.75) is 33.1 Å². The maximum atomic E-state index is 14.4. The Morgan fingerprint density at radius 3 is 2.27 bits per heavy atom. The normalized spacial score (nSPS) is 10.7. The van der Waals surface area contributed by atoms with E-state index in [1.54, 1.807) is 6.07 Å². The summed E-state index contributed by atoms with van der Waals surface area (Å²) >= 11 is 0. The van der Waals surface area contributed by atoms with Crippen molar-refractivity contribution in [3.63, 3.8) is 0 Å². The Hall–Kier alpha value is -2.68. The largest absolute Gasteiger partial charge is 0.494 e. The lowest BCUT2D eigenvalue weighted by atomic mass is 10.0. The molecule has 2 nitrogen and oxygen atoms in total. The lowest BCUT2D eigenvalue weighted by Crippen LogP contribution is -1.96. The fourth-order valence-corrected chi connectivity index (χ4v) is 2.89. The van der Waals surface area contributed by atoms with Gasteiger partial charge in [0.2, 0.25) is 0 Å². The number of halogens is 1. The highest BCUT2D eigenvalue weighted by molar-refractivity contribution is 5.69. The Labute approximate surface area is 154 Å². The average Bonchev–Trinajstić information content (AvgIpc) is 2.68. The van der Waals surface area contributed by atoms with Gasteiger partial charge in [0.1, 0.15) is 11.6 Å². The van der Waals surface area contributed by atoms with Gasteiger partial charge in [0, 0.05) is 23.4 Å². The van der Waals surface area contributed by atoms with Gasteiger partial charge in [0.25, 0.3) is 0 Å². The van der Waals surface area contributed by atoms with Gasteiger partial charge < -0.3 is 4.74 Å². The molecule has 0 radical (unpaired) electrons. The summed E-state index contributed by atoms with van der Waals surface area (Å²) in [4.78, 5) is 4.54. The Kier molecular flexibility index (Phi) is 6.00. The van der Waals surface area contributed by atoms with E-state index in [1.807, 2.05) is 49.5 Å². The van der Waals surface area contributed by atoms with E-state index in [9.17, 15) is 4.39 Å². The highest BCUT2D eigenvalue weighted by Gasteiger charge is 2.08. The highest BCUT2D eigenvalue weighted by Crippen LogP contribution is 2.28. The second-order valence-corrected chi connectivity index (χ2v) is 6.37. The molecule has 2 aromatic carbocycles. The first-order valence-corrected chi connectivity index (χ1v) is 9.19. The lowest BCUT2D eigenvalue weighted by Gasteiger charge is -2.09. The second kappa shape index (κ2) is 8.61. The maximum Gasteiger partial charge on any atom is 0.134 e. The Morgan fingerprint density at radius 1 is 0.885 bits per heavy atom. The Balaban J connectivity index is 1.79. The van der Waals surface area contributed by atoms with Crippen LogP contribution in [0.4, 0.5) is 4.39 Å². The molecule has 0 aliphatic carbocycles. The van der Waals surface area contributed by atoms with Gasteiger partial charge in [-0.25, -0.2) is 4.39 Å². The van der Waals surface area contributed by atoms with Crippen molar-refractivity contribution in [2.75, 3.05) is 6.61 Å². The quantitative estimate of drug-likeness (QED) is 0.499. The van der Waals surface area contributed by atoms with Crippen molar-refractivity contribution in [1.82, 2.24) is 4.98 Å². The molecule has 0 saturated carbocycles. The molecule has 26 heavy (non-hydrogen) atoms. The SMILES string of the molecule is CCCOc1ccc(-c2ccc(-c3ccc(CCC)cn3)cc2)c(F)c1. The minimum absolute atomic E-state index is 0.270. The molecule has 0 spiro atoms. The van der Waals surface area contributed by atoms with Crippen molar-refractivity contribution >= 4 is 0 Å². The summed E-state index contributed by atoms with van der Waals surface area (Å²) < 4.78 is 19.9. The summed E-state index contributed by atoms with van der Waals surface area (Å²) in [6.45, 7) is 4.78. The molecule has 0 saturated heterocycles. The second-order valence-electron chi connectivity index (χ2n) is 6.37. The third-order valence-electron chi connectivity index (χ3n) is 4.27. The van der Waals surface area contributed by atoms with Gasteiger partial charge >= 0.3 is 0 Å². The van der Waals surface area contributed by atoms with Gasteiger partial charge in [0.05, 0.1) is 12.3 Å². The standard InChI is InChI=1S/C23H24FNO/c1-3-5-17-6-13-23(25-16-17)19-9-7-18(8-10-19)21-12-11-20(15-22(21)24)26-14-4-2/h6-13,15-16H,3-5,14H2,1-2H3. The summed E-state index contributed by atoms with van der Waals surface area (Å²) in [5, 5.41) is 0. The number of rotatable bonds is 7. The summed E-state index contributed by atoms with van der Waals surface area (Å²) in [5.41, 5.74) is 4.63. The van der Waals surface area contributed by atoms with E-state index in [0.717, 1.165) is 36.1 Å². The van der Waals surface area contributed by atoms with E-state index in [0.29, 0.717) is 17.9 Å². The molecule has 134 valence electrons. The van der Waals surface area contributed by atoms with Crippen LogP contribution in [-0.4, -0.2) is 11.6 Å². The Bertz CT molecular complexity index is 841. The monoisotopic (exact) mass is 349 g/mol. The van der Waals surface area contributed by atoms with Crippen molar-refractivity contribution in [3.8, 4) is 28.1 Å². The van der Waals surface area contributed by atoms with Crippen LogP contribution in [0.3, 0.4) is 0 Å². The molecule has 3 aromatic rings. The fraction of sp³-hybridized carbons (Fsp3) is 0.261. The van der Waals surface area contributed by atoms with E-state index in [1.165, 1.54) is 11.6 Å². The van der Waals surface area contributed by atoms with Crippen molar-refractivity contribution < 1.29 is 9.13 Å². The number of aromatic nitrogens is 1. The topological polar surface area (TPSA) is 22.1 Å². The molecule has 0 aliphatic rings. The first-order chi connectivity index (χ1) is 12.7. The molecular formula is C23H24FNO. The van der Waals surface area contributed by atoms with Gasteiger partial charge in [-0.2, -0.15) is 0 Å². The number of hydrogen-bond acceptors (Lipinski definition) is 2. The van der Waals surface area contributed by atoms with Crippen LogP contribution in [-0.2, 0) is 6.42 Å². The summed E-state index contributed by atoms with van der Waals surface area (Å²) in [6, 6.07) is 17.0. The number of ether oxygens (including phenoxy) is 1. The summed E-state index contributed by atoms with van der Waals surface area (Å²) in [5.74, 6) is 0.300. The van der Waals surface area contributed by atoms with Gasteiger partial charge in [0.15, 0.2) is 0 Å². The molecule has 0 aliphatic heterocycles. The molecule has 0 bridgehead atoms. The average molecular weight is 349 g/mol. The zero-order chi connectivity index (χ0) is 18.4. The molecule has 1 aromatic heterocycles. The van der Waals surface area contributed by atoms with E-state index in [-0.39, 0.29) is 5.82 Å². The van der Waals surface area contributed by atoms with Gasteiger partial charge in [-0.05, 0) is 42.2 Å². The van der Waals surface area contributed by atoms with Crippen LogP contribution >= 0.6 is 0 Å². The number of hydrogen-bond donors (Lipinski definition) is 0. The van der Waals surface area contributed by atoms with Crippen molar-refractivity contribution in [2.24, 2.45) is 0 Å². The number of aryl methyl sites for hydroxylation is 1. The van der Waals surface area contributed by atoms with Gasteiger partial charge in [-0.1, -0.05) is 50.6 Å². The molecule has 0 N–H and O–H groups in total. The number of benzene rings is 2. The Morgan fingerprint density at radius 2 is 1.65 bits per heavy atom. The minimum atomic E-state index is -0.270. The summed E-state index contributed by atoms with van der Waals surface area (Å²) in [7, 11) is 0. The lowest BCUT2D eigenvalue weighted by molar-refractivity contribution is 0.316. The number of nitrogens with zero attached hydrogens (tertiary/aromatic N) is 1. The van der Waals surface area contributed by atoms with Crippen LogP contribution in [0.1, 0.15) is 32.3 Å². The van der Waals surface area contributed by atoms with E-state index < -0.39 is 0 Å².